The van der Waals surface area contributed by atoms with Gasteiger partial charge in [0.2, 0.25) is 0 Å². The van der Waals surface area contributed by atoms with Gasteiger partial charge < -0.3 is 9.84 Å². The second-order valence-corrected chi connectivity index (χ2v) is 4.28. The third-order valence-electron chi connectivity index (χ3n) is 2.82. The van der Waals surface area contributed by atoms with E-state index < -0.39 is 4.92 Å². The van der Waals surface area contributed by atoms with Gasteiger partial charge in [-0.05, 0) is 37.3 Å². The molecule has 0 aromatic heterocycles. The number of rotatable bonds is 4. The number of phenols is 1. The van der Waals surface area contributed by atoms with Crippen molar-refractivity contribution in [1.82, 2.24) is 0 Å². The summed E-state index contributed by atoms with van der Waals surface area (Å²) in [6.07, 6.45) is 0. The monoisotopic (exact) mass is 287 g/mol. The van der Waals surface area contributed by atoms with Gasteiger partial charge in [0.1, 0.15) is 11.4 Å². The van der Waals surface area contributed by atoms with Crippen LogP contribution in [0.5, 0.6) is 11.5 Å². The molecule has 0 fully saturated rings. The Balaban J connectivity index is 2.37. The first kappa shape index (κ1) is 14.4. The lowest BCUT2D eigenvalue weighted by atomic mass is 10.1. The van der Waals surface area contributed by atoms with Crippen LogP contribution in [0, 0.1) is 17.0 Å². The first-order chi connectivity index (χ1) is 10.0. The minimum Gasteiger partial charge on any atom is -0.508 e. The largest absolute Gasteiger partial charge is 0.508 e. The zero-order chi connectivity index (χ0) is 15.4. The number of hydrogen-bond donors (Lipinski definition) is 1. The van der Waals surface area contributed by atoms with Crippen LogP contribution in [0.1, 0.15) is 5.56 Å². The maximum absolute atomic E-state index is 10.9. The van der Waals surface area contributed by atoms with Gasteiger partial charge in [-0.3, -0.25) is 10.1 Å². The molecule has 0 aliphatic rings. The second-order valence-electron chi connectivity index (χ2n) is 4.28. The summed E-state index contributed by atoms with van der Waals surface area (Å²) in [5.74, 6) is 0.410. The van der Waals surface area contributed by atoms with Crippen LogP contribution in [0.25, 0.3) is 0 Å². The minimum atomic E-state index is -0.473. The van der Waals surface area contributed by atoms with Gasteiger partial charge in [-0.25, -0.2) is 0 Å². The SMILES string of the molecule is COc1cc([N+](=O)[O-])c(C)cc1N=Nc1ccc(O)cc1. The predicted molar refractivity (Wildman–Crippen MR) is 76.7 cm³/mol. The lowest BCUT2D eigenvalue weighted by molar-refractivity contribution is -0.385. The first-order valence-corrected chi connectivity index (χ1v) is 6.05. The molecule has 0 aliphatic carbocycles. The van der Waals surface area contributed by atoms with Crippen LogP contribution in [0.15, 0.2) is 46.6 Å². The quantitative estimate of drug-likeness (QED) is 0.521. The van der Waals surface area contributed by atoms with Crippen molar-refractivity contribution in [2.24, 2.45) is 10.2 Å². The van der Waals surface area contributed by atoms with Crippen molar-refractivity contribution in [2.45, 2.75) is 6.92 Å². The molecular weight excluding hydrogens is 274 g/mol. The molecule has 7 heteroatoms. The van der Waals surface area contributed by atoms with Gasteiger partial charge in [0.25, 0.3) is 5.69 Å². The summed E-state index contributed by atoms with van der Waals surface area (Å²) in [5.41, 5.74) is 1.38. The summed E-state index contributed by atoms with van der Waals surface area (Å²) in [5, 5.41) is 28.1. The van der Waals surface area contributed by atoms with Crippen LogP contribution in [-0.4, -0.2) is 17.1 Å². The van der Waals surface area contributed by atoms with E-state index in [2.05, 4.69) is 10.2 Å². The number of ether oxygens (including phenoxy) is 1. The smallest absolute Gasteiger partial charge is 0.276 e. The van der Waals surface area contributed by atoms with Crippen LogP contribution < -0.4 is 4.74 Å². The number of aryl methyl sites for hydroxylation is 1. The molecule has 0 bridgehead atoms. The highest BCUT2D eigenvalue weighted by molar-refractivity contribution is 5.60. The van der Waals surface area contributed by atoms with E-state index in [4.69, 9.17) is 4.74 Å². The molecule has 108 valence electrons. The molecule has 0 spiro atoms. The van der Waals surface area contributed by atoms with Gasteiger partial charge in [-0.15, -0.1) is 5.11 Å². The fourth-order valence-electron chi connectivity index (χ4n) is 1.73. The van der Waals surface area contributed by atoms with E-state index in [1.807, 2.05) is 0 Å². The summed E-state index contributed by atoms with van der Waals surface area (Å²) in [6.45, 7) is 1.62. The van der Waals surface area contributed by atoms with Gasteiger partial charge in [0.05, 0.1) is 23.8 Å². The number of benzene rings is 2. The van der Waals surface area contributed by atoms with Crippen molar-refractivity contribution in [3.8, 4) is 11.5 Å². The molecule has 0 saturated carbocycles. The standard InChI is InChI=1S/C14H13N3O4/c1-9-7-12(14(21-2)8-13(9)17(19)20)16-15-10-3-5-11(18)6-4-10/h3-8,18H,1-2H3. The number of nitro benzene ring substituents is 1. The number of phenolic OH excluding ortho intramolecular Hbond substituents is 1. The molecule has 0 saturated heterocycles. The van der Waals surface area contributed by atoms with Crippen molar-refractivity contribution in [1.29, 1.82) is 0 Å². The molecule has 0 heterocycles. The Morgan fingerprint density at radius 3 is 2.43 bits per heavy atom. The van der Waals surface area contributed by atoms with E-state index in [9.17, 15) is 15.2 Å². The zero-order valence-electron chi connectivity index (χ0n) is 11.5. The Labute approximate surface area is 120 Å². The van der Waals surface area contributed by atoms with Gasteiger partial charge in [0, 0.05) is 5.56 Å². The number of hydrogen-bond acceptors (Lipinski definition) is 6. The summed E-state index contributed by atoms with van der Waals surface area (Å²) in [6, 6.07) is 9.05. The Hall–Kier alpha value is -2.96. The highest BCUT2D eigenvalue weighted by atomic mass is 16.6. The maximum atomic E-state index is 10.9. The lowest BCUT2D eigenvalue weighted by Gasteiger charge is -2.05. The van der Waals surface area contributed by atoms with Crippen molar-refractivity contribution < 1.29 is 14.8 Å². The fraction of sp³-hybridized carbons (Fsp3) is 0.143. The van der Waals surface area contributed by atoms with Crippen LogP contribution in [0.2, 0.25) is 0 Å². The average Bonchev–Trinajstić information content (AvgIpc) is 2.46. The van der Waals surface area contributed by atoms with E-state index in [1.165, 1.54) is 25.3 Å². The van der Waals surface area contributed by atoms with E-state index >= 15 is 0 Å². The van der Waals surface area contributed by atoms with E-state index in [-0.39, 0.29) is 17.2 Å². The van der Waals surface area contributed by atoms with Crippen LogP contribution in [0.4, 0.5) is 17.1 Å². The van der Waals surface area contributed by atoms with Crippen LogP contribution in [0.3, 0.4) is 0 Å². The maximum Gasteiger partial charge on any atom is 0.276 e. The first-order valence-electron chi connectivity index (χ1n) is 6.05. The van der Waals surface area contributed by atoms with E-state index in [0.717, 1.165) is 0 Å². The normalized spacial score (nSPS) is 10.8. The molecule has 2 aromatic carbocycles. The number of nitro groups is 1. The molecule has 21 heavy (non-hydrogen) atoms. The Bertz CT molecular complexity index is 696. The summed E-state index contributed by atoms with van der Waals surface area (Å²) >= 11 is 0. The number of azo groups is 1. The molecule has 2 rings (SSSR count). The van der Waals surface area contributed by atoms with E-state index in [1.54, 1.807) is 25.1 Å². The predicted octanol–water partition coefficient (Wildman–Crippen LogP) is 4.03. The van der Waals surface area contributed by atoms with Gasteiger partial charge >= 0.3 is 0 Å². The van der Waals surface area contributed by atoms with E-state index in [0.29, 0.717) is 16.9 Å². The molecular formula is C14H13N3O4. The second kappa shape index (κ2) is 6.00. The zero-order valence-corrected chi connectivity index (χ0v) is 11.5. The van der Waals surface area contributed by atoms with Crippen molar-refractivity contribution in [2.75, 3.05) is 7.11 Å². The van der Waals surface area contributed by atoms with Gasteiger partial charge in [-0.2, -0.15) is 5.11 Å². The topological polar surface area (TPSA) is 97.3 Å². The molecule has 7 nitrogen and oxygen atoms in total. The fourth-order valence-corrected chi connectivity index (χ4v) is 1.73. The van der Waals surface area contributed by atoms with Gasteiger partial charge in [0.15, 0.2) is 5.75 Å². The molecule has 0 aliphatic heterocycles. The Kier molecular flexibility index (Phi) is 4.13. The summed E-state index contributed by atoms with van der Waals surface area (Å²) < 4.78 is 5.10. The molecule has 0 radical (unpaired) electrons. The number of methoxy groups -OCH3 is 1. The van der Waals surface area contributed by atoms with Crippen molar-refractivity contribution in [3.63, 3.8) is 0 Å². The molecule has 1 N–H and O–H groups in total. The Morgan fingerprint density at radius 1 is 1.19 bits per heavy atom. The molecule has 0 atom stereocenters. The highest BCUT2D eigenvalue weighted by Gasteiger charge is 2.15. The molecule has 2 aromatic rings. The average molecular weight is 287 g/mol. The summed E-state index contributed by atoms with van der Waals surface area (Å²) in [7, 11) is 1.41. The number of nitrogens with zero attached hydrogens (tertiary/aromatic N) is 3. The molecule has 0 amide bonds. The van der Waals surface area contributed by atoms with Crippen molar-refractivity contribution in [3.05, 3.63) is 52.1 Å². The third kappa shape index (κ3) is 3.33. The highest BCUT2D eigenvalue weighted by Crippen LogP contribution is 2.35. The van der Waals surface area contributed by atoms with Gasteiger partial charge in [-0.1, -0.05) is 0 Å². The molecule has 0 unspecified atom stereocenters. The van der Waals surface area contributed by atoms with Crippen LogP contribution in [-0.2, 0) is 0 Å². The van der Waals surface area contributed by atoms with Crippen molar-refractivity contribution >= 4 is 17.1 Å². The lowest BCUT2D eigenvalue weighted by Crippen LogP contribution is -1.93. The Morgan fingerprint density at radius 2 is 1.86 bits per heavy atom. The van der Waals surface area contributed by atoms with Crippen LogP contribution >= 0.6 is 0 Å². The number of aromatic hydroxyl groups is 1. The summed E-state index contributed by atoms with van der Waals surface area (Å²) in [4.78, 5) is 10.4. The third-order valence-corrected chi connectivity index (χ3v) is 2.82. The minimum absolute atomic E-state index is 0.0320.